The summed E-state index contributed by atoms with van der Waals surface area (Å²) in [5.41, 5.74) is 0.520. The van der Waals surface area contributed by atoms with Crippen LogP contribution in [-0.2, 0) is 9.84 Å². The summed E-state index contributed by atoms with van der Waals surface area (Å²) >= 11 is 0. The van der Waals surface area contributed by atoms with E-state index in [1.54, 1.807) is 0 Å². The van der Waals surface area contributed by atoms with Gasteiger partial charge in [-0.05, 0) is 36.6 Å². The Morgan fingerprint density at radius 1 is 1.55 bits per heavy atom. The Bertz CT molecular complexity index is 634. The molecule has 0 fully saturated rings. The first-order valence-electron chi connectivity index (χ1n) is 6.69. The van der Waals surface area contributed by atoms with E-state index in [2.05, 4.69) is 11.2 Å². The van der Waals surface area contributed by atoms with Gasteiger partial charge in [-0.2, -0.15) is 0 Å². The molecule has 0 radical (unpaired) electrons. The van der Waals surface area contributed by atoms with Crippen LogP contribution in [0, 0.1) is 18.2 Å². The van der Waals surface area contributed by atoms with Crippen molar-refractivity contribution < 1.29 is 12.8 Å². The fourth-order valence-electron chi connectivity index (χ4n) is 2.53. The highest BCUT2D eigenvalue weighted by atomic mass is 32.2. The van der Waals surface area contributed by atoms with E-state index in [4.69, 9.17) is 6.42 Å². The molecule has 1 aromatic carbocycles. The lowest BCUT2D eigenvalue weighted by Crippen LogP contribution is -2.36. The molecule has 0 aliphatic carbocycles. The highest BCUT2D eigenvalue weighted by molar-refractivity contribution is 7.91. The predicted molar refractivity (Wildman–Crippen MR) is 76.5 cm³/mol. The molecule has 0 spiro atoms. The van der Waals surface area contributed by atoms with Crippen molar-refractivity contribution in [2.45, 2.75) is 43.2 Å². The Kier molecular flexibility index (Phi) is 4.46. The molecule has 1 N–H and O–H groups in total. The Morgan fingerprint density at radius 3 is 2.95 bits per heavy atom. The largest absolute Gasteiger partial charge is 0.306 e. The van der Waals surface area contributed by atoms with E-state index >= 15 is 0 Å². The molecular formula is C15H18FNO2S. The average Bonchev–Trinajstić information content (AvgIpc) is 2.41. The van der Waals surface area contributed by atoms with Crippen LogP contribution in [0.4, 0.5) is 4.39 Å². The van der Waals surface area contributed by atoms with Gasteiger partial charge in [-0.3, -0.25) is 0 Å². The summed E-state index contributed by atoms with van der Waals surface area (Å²) in [6.45, 7) is 2.01. The average molecular weight is 295 g/mol. The second kappa shape index (κ2) is 5.94. The number of terminal acetylenes is 1. The number of sulfone groups is 1. The van der Waals surface area contributed by atoms with Crippen molar-refractivity contribution in [2.75, 3.05) is 5.75 Å². The van der Waals surface area contributed by atoms with E-state index in [1.165, 1.54) is 18.2 Å². The number of hydrogen-bond donors (Lipinski definition) is 1. The minimum atomic E-state index is -3.29. The van der Waals surface area contributed by atoms with Crippen molar-refractivity contribution in [1.82, 2.24) is 5.32 Å². The Hall–Kier alpha value is -1.38. The van der Waals surface area contributed by atoms with Crippen LogP contribution in [0.25, 0.3) is 0 Å². The van der Waals surface area contributed by atoms with Crippen molar-refractivity contribution in [1.29, 1.82) is 0 Å². The summed E-state index contributed by atoms with van der Waals surface area (Å²) in [5, 5.41) is 3.35. The SMILES string of the molecule is C#CCC(CC)NC1CCS(=O)(=O)c2ccc(F)cc21. The van der Waals surface area contributed by atoms with Crippen LogP contribution in [0.3, 0.4) is 0 Å². The van der Waals surface area contributed by atoms with Crippen LogP contribution in [0.5, 0.6) is 0 Å². The second-order valence-corrected chi connectivity index (χ2v) is 7.10. The summed E-state index contributed by atoms with van der Waals surface area (Å²) in [6, 6.07) is 3.81. The molecule has 2 atom stereocenters. The summed E-state index contributed by atoms with van der Waals surface area (Å²) in [4.78, 5) is 0.234. The zero-order valence-corrected chi connectivity index (χ0v) is 12.2. The third-order valence-electron chi connectivity index (χ3n) is 3.65. The lowest BCUT2D eigenvalue weighted by Gasteiger charge is -2.29. The van der Waals surface area contributed by atoms with Gasteiger partial charge in [-0.1, -0.05) is 6.92 Å². The van der Waals surface area contributed by atoms with Gasteiger partial charge in [0.1, 0.15) is 5.82 Å². The van der Waals surface area contributed by atoms with Gasteiger partial charge in [0.15, 0.2) is 9.84 Å². The van der Waals surface area contributed by atoms with Gasteiger partial charge in [0, 0.05) is 18.5 Å². The lowest BCUT2D eigenvalue weighted by atomic mass is 10.0. The van der Waals surface area contributed by atoms with E-state index in [-0.39, 0.29) is 22.7 Å². The number of halogens is 1. The summed E-state index contributed by atoms with van der Waals surface area (Å²) < 4.78 is 37.5. The van der Waals surface area contributed by atoms with Crippen LogP contribution in [0.15, 0.2) is 23.1 Å². The molecule has 3 nitrogen and oxygen atoms in total. The number of hydrogen-bond acceptors (Lipinski definition) is 3. The van der Waals surface area contributed by atoms with Gasteiger partial charge in [0.05, 0.1) is 10.6 Å². The van der Waals surface area contributed by atoms with Gasteiger partial charge in [-0.25, -0.2) is 12.8 Å². The van der Waals surface area contributed by atoms with Crippen molar-refractivity contribution in [3.05, 3.63) is 29.6 Å². The molecule has 1 aromatic rings. The van der Waals surface area contributed by atoms with Gasteiger partial charge >= 0.3 is 0 Å². The molecule has 108 valence electrons. The van der Waals surface area contributed by atoms with Crippen LogP contribution < -0.4 is 5.32 Å². The van der Waals surface area contributed by atoms with Crippen molar-refractivity contribution in [3.8, 4) is 12.3 Å². The van der Waals surface area contributed by atoms with Crippen LogP contribution in [-0.4, -0.2) is 20.2 Å². The number of rotatable bonds is 4. The number of fused-ring (bicyclic) bond motifs is 1. The monoisotopic (exact) mass is 295 g/mol. The zero-order chi connectivity index (χ0) is 14.8. The number of benzene rings is 1. The highest BCUT2D eigenvalue weighted by Gasteiger charge is 2.31. The van der Waals surface area contributed by atoms with Gasteiger partial charge in [0.25, 0.3) is 0 Å². The van der Waals surface area contributed by atoms with Crippen molar-refractivity contribution in [3.63, 3.8) is 0 Å². The third-order valence-corrected chi connectivity index (χ3v) is 5.47. The topological polar surface area (TPSA) is 46.2 Å². The van der Waals surface area contributed by atoms with Gasteiger partial charge in [-0.15, -0.1) is 12.3 Å². The highest BCUT2D eigenvalue weighted by Crippen LogP contribution is 2.33. The minimum absolute atomic E-state index is 0.0792. The first-order chi connectivity index (χ1) is 9.47. The standard InChI is InChI=1S/C15H18FNO2S/c1-3-5-12(4-2)17-14-8-9-20(18,19)15-7-6-11(16)10-13(14)15/h1,6-7,10,12,14,17H,4-5,8-9H2,2H3. The fraction of sp³-hybridized carbons (Fsp3) is 0.467. The second-order valence-electron chi connectivity index (χ2n) is 5.02. The molecule has 0 amide bonds. The number of nitrogens with one attached hydrogen (secondary N) is 1. The zero-order valence-electron chi connectivity index (χ0n) is 11.4. The molecule has 1 aliphatic heterocycles. The van der Waals surface area contributed by atoms with E-state index in [9.17, 15) is 12.8 Å². The van der Waals surface area contributed by atoms with Crippen LogP contribution in [0.1, 0.15) is 37.8 Å². The molecule has 0 saturated heterocycles. The molecule has 0 aromatic heterocycles. The maximum atomic E-state index is 13.4. The first kappa shape index (κ1) is 15.0. The first-order valence-corrected chi connectivity index (χ1v) is 8.35. The van der Waals surface area contributed by atoms with E-state index in [0.717, 1.165) is 6.42 Å². The van der Waals surface area contributed by atoms with Crippen LogP contribution >= 0.6 is 0 Å². The maximum Gasteiger partial charge on any atom is 0.178 e. The van der Waals surface area contributed by atoms with E-state index in [1.807, 2.05) is 6.92 Å². The molecule has 5 heteroatoms. The maximum absolute atomic E-state index is 13.4. The molecule has 1 heterocycles. The summed E-state index contributed by atoms with van der Waals surface area (Å²) in [7, 11) is -3.29. The van der Waals surface area contributed by atoms with E-state index in [0.29, 0.717) is 18.4 Å². The van der Waals surface area contributed by atoms with Crippen LogP contribution in [0.2, 0.25) is 0 Å². The molecule has 0 bridgehead atoms. The van der Waals surface area contributed by atoms with Gasteiger partial charge < -0.3 is 5.32 Å². The Labute approximate surface area is 119 Å². The third kappa shape index (κ3) is 3.02. The lowest BCUT2D eigenvalue weighted by molar-refractivity contribution is 0.408. The molecule has 0 saturated carbocycles. The molecule has 20 heavy (non-hydrogen) atoms. The van der Waals surface area contributed by atoms with E-state index < -0.39 is 15.7 Å². The predicted octanol–water partition coefficient (Wildman–Crippen LogP) is 2.44. The summed E-state index contributed by atoms with van der Waals surface area (Å²) in [5.74, 6) is 2.27. The Balaban J connectivity index is 2.34. The normalized spacial score (nSPS) is 21.8. The molecular weight excluding hydrogens is 277 g/mol. The molecule has 1 aliphatic rings. The fourth-order valence-corrected chi connectivity index (χ4v) is 4.14. The molecule has 2 unspecified atom stereocenters. The minimum Gasteiger partial charge on any atom is -0.306 e. The Morgan fingerprint density at radius 2 is 2.30 bits per heavy atom. The summed E-state index contributed by atoms with van der Waals surface area (Å²) in [6.07, 6.45) is 7.19. The van der Waals surface area contributed by atoms with Gasteiger partial charge in [0.2, 0.25) is 0 Å². The quantitative estimate of drug-likeness (QED) is 0.685. The molecule has 2 rings (SSSR count). The smallest absolute Gasteiger partial charge is 0.178 e. The van der Waals surface area contributed by atoms with Crippen molar-refractivity contribution in [2.24, 2.45) is 0 Å². The van der Waals surface area contributed by atoms with Crippen molar-refractivity contribution >= 4 is 9.84 Å².